The molecule has 5 N–H and O–H groups in total. The van der Waals surface area contributed by atoms with Crippen LogP contribution in [-0.2, 0) is 16.4 Å². The maximum Gasteiger partial charge on any atom is 0.433 e. The number of amides is 1. The molecule has 2 aromatic heterocycles. The molecule has 33 heavy (non-hydrogen) atoms. The third-order valence-corrected chi connectivity index (χ3v) is 7.09. The van der Waals surface area contributed by atoms with Gasteiger partial charge in [0.15, 0.2) is 0 Å². The normalized spacial score (nSPS) is 21.1. The number of benzene rings is 1. The van der Waals surface area contributed by atoms with Gasteiger partial charge in [-0.2, -0.15) is 13.2 Å². The summed E-state index contributed by atoms with van der Waals surface area (Å²) in [7, 11) is 0. The highest BCUT2D eigenvalue weighted by molar-refractivity contribution is 7.15. The number of hydrogen-bond acceptors (Lipinski definition) is 7. The molecule has 4 rings (SSSR count). The van der Waals surface area contributed by atoms with Gasteiger partial charge in [-0.05, 0) is 61.9 Å². The Hall–Kier alpha value is -3.05. The van der Waals surface area contributed by atoms with Gasteiger partial charge in [0.1, 0.15) is 16.1 Å². The van der Waals surface area contributed by atoms with Crippen LogP contribution < -0.4 is 16.8 Å². The first kappa shape index (κ1) is 23.1. The molecule has 1 aliphatic carbocycles. The minimum Gasteiger partial charge on any atom is -0.369 e. The summed E-state index contributed by atoms with van der Waals surface area (Å²) in [5, 5.41) is 3.50. The third kappa shape index (κ3) is 4.83. The summed E-state index contributed by atoms with van der Waals surface area (Å²) in [5.74, 6) is -0.554. The zero-order chi connectivity index (χ0) is 23.8. The van der Waals surface area contributed by atoms with Crippen LogP contribution in [0, 0.1) is 6.92 Å². The number of anilines is 2. The number of halogens is 3. The molecule has 174 valence electrons. The van der Waals surface area contributed by atoms with Gasteiger partial charge < -0.3 is 16.8 Å². The van der Waals surface area contributed by atoms with E-state index in [-0.39, 0.29) is 12.0 Å². The molecule has 0 atom stereocenters. The van der Waals surface area contributed by atoms with E-state index < -0.39 is 23.2 Å². The van der Waals surface area contributed by atoms with Gasteiger partial charge in [0, 0.05) is 24.1 Å². The Kier molecular flexibility index (Phi) is 6.10. The fourth-order valence-electron chi connectivity index (χ4n) is 4.03. The molecule has 0 bridgehead atoms. The molecule has 1 fully saturated rings. The van der Waals surface area contributed by atoms with Crippen molar-refractivity contribution in [3.8, 4) is 10.4 Å². The van der Waals surface area contributed by atoms with Gasteiger partial charge in [0.05, 0.1) is 4.88 Å². The van der Waals surface area contributed by atoms with Gasteiger partial charge in [0.25, 0.3) is 0 Å². The molecule has 7 nitrogen and oxygen atoms in total. The largest absolute Gasteiger partial charge is 0.433 e. The summed E-state index contributed by atoms with van der Waals surface area (Å²) in [4.78, 5) is 25.2. The van der Waals surface area contributed by atoms with Gasteiger partial charge in [-0.25, -0.2) is 15.0 Å². The Labute approximate surface area is 192 Å². The average molecular weight is 477 g/mol. The van der Waals surface area contributed by atoms with Crippen molar-refractivity contribution in [2.75, 3.05) is 5.32 Å². The Balaban J connectivity index is 1.63. The lowest BCUT2D eigenvalue weighted by Crippen LogP contribution is -2.46. The standard InChI is InChI=1S/C22H23F3N6OS/c1-12-8-13(10-15(9-12)30-20-28-7-4-17(31-20)22(23,24)25)16-11-29-19(33-16)21(18(27)32)5-2-14(26)3-6-21/h4,7-11,14H,2-3,5-6,26H2,1H3,(H2,27,32)(H,28,30,31)/t14-,21-. The topological polar surface area (TPSA) is 120 Å². The molecule has 2 heterocycles. The monoisotopic (exact) mass is 476 g/mol. The lowest BCUT2D eigenvalue weighted by molar-refractivity contribution is -0.141. The zero-order valence-corrected chi connectivity index (χ0v) is 18.6. The number of aromatic nitrogens is 3. The molecule has 0 spiro atoms. The van der Waals surface area contributed by atoms with Crippen molar-refractivity contribution < 1.29 is 18.0 Å². The van der Waals surface area contributed by atoms with Gasteiger partial charge in [-0.1, -0.05) is 6.07 Å². The van der Waals surface area contributed by atoms with Crippen LogP contribution in [0.5, 0.6) is 0 Å². The summed E-state index contributed by atoms with van der Waals surface area (Å²) in [6.45, 7) is 1.87. The highest BCUT2D eigenvalue weighted by Crippen LogP contribution is 2.43. The number of rotatable bonds is 5. The molecular formula is C22H23F3N6OS. The van der Waals surface area contributed by atoms with Crippen molar-refractivity contribution in [1.82, 2.24) is 15.0 Å². The number of aryl methyl sites for hydroxylation is 1. The number of alkyl halides is 3. The van der Waals surface area contributed by atoms with Crippen LogP contribution in [0.3, 0.4) is 0 Å². The van der Waals surface area contributed by atoms with Crippen LogP contribution in [0.2, 0.25) is 0 Å². The number of hydrogen-bond donors (Lipinski definition) is 3. The average Bonchev–Trinajstić information content (AvgIpc) is 3.24. The molecule has 0 aliphatic heterocycles. The van der Waals surface area contributed by atoms with Crippen LogP contribution in [0.25, 0.3) is 10.4 Å². The van der Waals surface area contributed by atoms with Crippen LogP contribution in [0.4, 0.5) is 24.8 Å². The van der Waals surface area contributed by atoms with Crippen LogP contribution in [0.1, 0.15) is 41.9 Å². The van der Waals surface area contributed by atoms with Gasteiger partial charge in [0.2, 0.25) is 11.9 Å². The lowest BCUT2D eigenvalue weighted by Gasteiger charge is -2.34. The van der Waals surface area contributed by atoms with E-state index in [1.807, 2.05) is 13.0 Å². The van der Waals surface area contributed by atoms with Gasteiger partial charge in [-0.15, -0.1) is 11.3 Å². The lowest BCUT2D eigenvalue weighted by atomic mass is 9.72. The van der Waals surface area contributed by atoms with Crippen molar-refractivity contribution in [2.24, 2.45) is 11.5 Å². The van der Waals surface area contributed by atoms with E-state index in [1.54, 1.807) is 18.3 Å². The number of nitrogens with one attached hydrogen (secondary N) is 1. The maximum absolute atomic E-state index is 13.0. The molecule has 1 aromatic carbocycles. The number of nitrogens with two attached hydrogens (primary N) is 2. The SMILES string of the molecule is Cc1cc(Nc2nccc(C(F)(F)F)n2)cc(-c2cnc([C@]3(C(N)=O)CC[C@@H](N)CC3)s2)c1. The molecule has 0 radical (unpaired) electrons. The van der Waals surface area contributed by atoms with Gasteiger partial charge >= 0.3 is 6.18 Å². The first-order chi connectivity index (χ1) is 15.6. The van der Waals surface area contributed by atoms with Crippen LogP contribution in [-0.4, -0.2) is 26.9 Å². The van der Waals surface area contributed by atoms with E-state index >= 15 is 0 Å². The van der Waals surface area contributed by atoms with Crippen molar-refractivity contribution >= 4 is 28.9 Å². The number of thiazole rings is 1. The first-order valence-electron chi connectivity index (χ1n) is 10.4. The molecule has 1 aliphatic rings. The summed E-state index contributed by atoms with van der Waals surface area (Å²) in [6, 6.07) is 6.37. The quantitative estimate of drug-likeness (QED) is 0.505. The van der Waals surface area contributed by atoms with E-state index in [9.17, 15) is 18.0 Å². The van der Waals surface area contributed by atoms with E-state index in [4.69, 9.17) is 11.5 Å². The molecular weight excluding hydrogens is 453 g/mol. The predicted octanol–water partition coefficient (Wildman–Crippen LogP) is 4.30. The van der Waals surface area contributed by atoms with E-state index in [0.717, 1.165) is 28.3 Å². The summed E-state index contributed by atoms with van der Waals surface area (Å²) >= 11 is 1.39. The van der Waals surface area contributed by atoms with Crippen molar-refractivity contribution in [2.45, 2.75) is 50.2 Å². The molecule has 0 unspecified atom stereocenters. The van der Waals surface area contributed by atoms with E-state index in [2.05, 4.69) is 20.3 Å². The minimum absolute atomic E-state index is 0.0559. The Morgan fingerprint density at radius 2 is 1.94 bits per heavy atom. The van der Waals surface area contributed by atoms with Gasteiger partial charge in [-0.3, -0.25) is 4.79 Å². The molecule has 0 saturated heterocycles. The van der Waals surface area contributed by atoms with E-state index in [1.165, 1.54) is 11.3 Å². The van der Waals surface area contributed by atoms with Crippen molar-refractivity contribution in [3.63, 3.8) is 0 Å². The zero-order valence-electron chi connectivity index (χ0n) is 17.8. The van der Waals surface area contributed by atoms with Crippen molar-refractivity contribution in [1.29, 1.82) is 0 Å². The predicted molar refractivity (Wildman–Crippen MR) is 120 cm³/mol. The molecule has 3 aromatic rings. The van der Waals surface area contributed by atoms with Crippen LogP contribution in [0.15, 0.2) is 36.7 Å². The second-order valence-corrected chi connectivity index (χ2v) is 9.32. The van der Waals surface area contributed by atoms with Crippen LogP contribution >= 0.6 is 11.3 Å². The summed E-state index contributed by atoms with van der Waals surface area (Å²) in [5.41, 5.74) is 12.2. The number of nitrogens with zero attached hydrogens (tertiary/aromatic N) is 3. The summed E-state index contributed by atoms with van der Waals surface area (Å²) in [6.07, 6.45) is 0.715. The maximum atomic E-state index is 13.0. The fourth-order valence-corrected chi connectivity index (χ4v) is 5.19. The minimum atomic E-state index is -4.56. The molecule has 1 amide bonds. The highest BCUT2D eigenvalue weighted by Gasteiger charge is 2.43. The second-order valence-electron chi connectivity index (χ2n) is 8.29. The number of carbonyl (C=O) groups is 1. The Morgan fingerprint density at radius 3 is 2.61 bits per heavy atom. The third-order valence-electron chi connectivity index (χ3n) is 5.83. The van der Waals surface area contributed by atoms with Crippen molar-refractivity contribution in [3.05, 3.63) is 52.9 Å². The number of primary amides is 1. The number of carbonyl (C=O) groups excluding carboxylic acids is 1. The summed E-state index contributed by atoms with van der Waals surface area (Å²) < 4.78 is 38.9. The second kappa shape index (κ2) is 8.71. The molecule has 11 heteroatoms. The smallest absolute Gasteiger partial charge is 0.369 e. The van der Waals surface area contributed by atoms with E-state index in [0.29, 0.717) is 36.4 Å². The molecule has 1 saturated carbocycles. The Morgan fingerprint density at radius 1 is 1.21 bits per heavy atom. The highest BCUT2D eigenvalue weighted by atomic mass is 32.1. The fraction of sp³-hybridized carbons (Fsp3) is 0.364. The Bertz CT molecular complexity index is 1170. The first-order valence-corrected chi connectivity index (χ1v) is 11.2.